The molecule has 1 atom stereocenters. The number of ether oxygens (including phenoxy) is 1. The van der Waals surface area contributed by atoms with E-state index < -0.39 is 11.9 Å². The number of Topliss-reactive ketones (excluding diaryl/α,β-unsaturated/α-hetero) is 1. The van der Waals surface area contributed by atoms with E-state index in [0.717, 1.165) is 0 Å². The van der Waals surface area contributed by atoms with E-state index >= 15 is 0 Å². The maximum atomic E-state index is 12.1. The highest BCUT2D eigenvalue weighted by Gasteiger charge is 2.29. The molecule has 0 rings (SSSR count). The lowest BCUT2D eigenvalue weighted by atomic mass is 9.96. The smallest absolute Gasteiger partial charge is 0.317 e. The number of carbonyl (C=O) groups excluding carboxylic acids is 2. The minimum absolute atomic E-state index is 0.299. The Kier molecular flexibility index (Phi) is 6.82. The monoisotopic (exact) mass is 237 g/mol. The highest BCUT2D eigenvalue weighted by molar-refractivity contribution is 6.10. The lowest BCUT2D eigenvalue weighted by Crippen LogP contribution is -2.35. The molecule has 0 saturated carbocycles. The van der Waals surface area contributed by atoms with Gasteiger partial charge in [-0.25, -0.2) is 0 Å². The highest BCUT2D eigenvalue weighted by atomic mass is 16.5. The van der Waals surface area contributed by atoms with Gasteiger partial charge >= 0.3 is 5.97 Å². The largest absolute Gasteiger partial charge is 0.468 e. The molecule has 0 aromatic heterocycles. The van der Waals surface area contributed by atoms with Crippen molar-refractivity contribution >= 4 is 11.8 Å². The number of ketones is 1. The lowest BCUT2D eigenvalue weighted by molar-refractivity contribution is -0.149. The fraction of sp³-hybridized carbons (Fsp3) is 0.385. The summed E-state index contributed by atoms with van der Waals surface area (Å²) in [5.41, 5.74) is 0.359. The summed E-state index contributed by atoms with van der Waals surface area (Å²) in [7, 11) is 4.84. The molecule has 0 N–H and O–H groups in total. The van der Waals surface area contributed by atoms with Crippen LogP contribution in [-0.4, -0.2) is 44.4 Å². The topological polar surface area (TPSA) is 46.6 Å². The van der Waals surface area contributed by atoms with Gasteiger partial charge in [0.15, 0.2) is 5.78 Å². The van der Waals surface area contributed by atoms with Crippen molar-refractivity contribution in [2.75, 3.05) is 27.7 Å². The van der Waals surface area contributed by atoms with Gasteiger partial charge in [-0.05, 0) is 14.1 Å². The van der Waals surface area contributed by atoms with Crippen molar-refractivity contribution in [2.45, 2.75) is 0 Å². The average molecular weight is 237 g/mol. The lowest BCUT2D eigenvalue weighted by Gasteiger charge is -2.18. The minimum Gasteiger partial charge on any atom is -0.468 e. The van der Waals surface area contributed by atoms with E-state index in [1.807, 2.05) is 0 Å². The molecule has 0 aromatic carbocycles. The van der Waals surface area contributed by atoms with E-state index in [9.17, 15) is 9.59 Å². The molecule has 17 heavy (non-hydrogen) atoms. The number of hydrogen-bond acceptors (Lipinski definition) is 4. The summed E-state index contributed by atoms with van der Waals surface area (Å²) in [6, 6.07) is 0. The predicted molar refractivity (Wildman–Crippen MR) is 67.5 cm³/mol. The van der Waals surface area contributed by atoms with Crippen LogP contribution >= 0.6 is 0 Å². The Labute approximate surface area is 102 Å². The van der Waals surface area contributed by atoms with Crippen LogP contribution in [0.5, 0.6) is 0 Å². The fourth-order valence-corrected chi connectivity index (χ4v) is 1.35. The number of carbonyl (C=O) groups is 2. The molecule has 1 unspecified atom stereocenters. The molecule has 0 saturated heterocycles. The van der Waals surface area contributed by atoms with Crippen molar-refractivity contribution in [3.05, 3.63) is 37.0 Å². The molecule has 0 aromatic rings. The first-order valence-electron chi connectivity index (χ1n) is 5.19. The van der Waals surface area contributed by atoms with Crippen LogP contribution in [0, 0.1) is 5.92 Å². The standard InChI is InChI=1S/C13H19NO3/c1-6-8-10(7-2)12(15)11(9-14(3)4)13(16)17-5/h6-8,11H,1-2,9H2,3-5H3/b10-8+. The summed E-state index contributed by atoms with van der Waals surface area (Å²) in [5, 5.41) is 0. The van der Waals surface area contributed by atoms with Gasteiger partial charge in [0, 0.05) is 12.1 Å². The van der Waals surface area contributed by atoms with Crippen LogP contribution < -0.4 is 0 Å². The van der Waals surface area contributed by atoms with Crippen LogP contribution in [0.4, 0.5) is 0 Å². The Hall–Kier alpha value is -1.68. The zero-order valence-corrected chi connectivity index (χ0v) is 10.6. The predicted octanol–water partition coefficient (Wildman–Crippen LogP) is 1.20. The first-order valence-corrected chi connectivity index (χ1v) is 5.19. The molecule has 4 heteroatoms. The second kappa shape index (κ2) is 7.57. The third-order valence-electron chi connectivity index (χ3n) is 2.15. The number of allylic oxidation sites excluding steroid dienone is 4. The minimum atomic E-state index is -0.834. The van der Waals surface area contributed by atoms with E-state index in [-0.39, 0.29) is 5.78 Å². The summed E-state index contributed by atoms with van der Waals surface area (Å²) in [4.78, 5) is 25.4. The Morgan fingerprint density at radius 2 is 1.94 bits per heavy atom. The third kappa shape index (κ3) is 4.78. The number of rotatable bonds is 7. The van der Waals surface area contributed by atoms with Crippen molar-refractivity contribution in [2.24, 2.45) is 5.92 Å². The average Bonchev–Trinajstić information content (AvgIpc) is 2.31. The van der Waals surface area contributed by atoms with Crippen molar-refractivity contribution in [3.63, 3.8) is 0 Å². The van der Waals surface area contributed by atoms with E-state index in [4.69, 9.17) is 0 Å². The van der Waals surface area contributed by atoms with Gasteiger partial charge in [-0.1, -0.05) is 31.4 Å². The van der Waals surface area contributed by atoms with Crippen molar-refractivity contribution in [3.8, 4) is 0 Å². The van der Waals surface area contributed by atoms with Crippen LogP contribution in [-0.2, 0) is 14.3 Å². The summed E-state index contributed by atoms with van der Waals surface area (Å²) >= 11 is 0. The van der Waals surface area contributed by atoms with Crippen molar-refractivity contribution < 1.29 is 14.3 Å². The Bertz CT molecular complexity index is 343. The first-order chi connectivity index (χ1) is 7.97. The van der Waals surface area contributed by atoms with Crippen LogP contribution in [0.25, 0.3) is 0 Å². The van der Waals surface area contributed by atoms with Gasteiger partial charge in [0.1, 0.15) is 5.92 Å². The molecule has 0 radical (unpaired) electrons. The Morgan fingerprint density at radius 3 is 2.29 bits per heavy atom. The molecule has 0 bridgehead atoms. The quantitative estimate of drug-likeness (QED) is 0.289. The zero-order chi connectivity index (χ0) is 13.4. The van der Waals surface area contributed by atoms with Gasteiger partial charge in [-0.2, -0.15) is 0 Å². The third-order valence-corrected chi connectivity index (χ3v) is 2.15. The molecule has 0 amide bonds. The van der Waals surface area contributed by atoms with E-state index in [0.29, 0.717) is 12.1 Å². The van der Waals surface area contributed by atoms with Crippen LogP contribution in [0.3, 0.4) is 0 Å². The van der Waals surface area contributed by atoms with Gasteiger partial charge in [0.25, 0.3) is 0 Å². The van der Waals surface area contributed by atoms with Gasteiger partial charge < -0.3 is 9.64 Å². The molecular weight excluding hydrogens is 218 g/mol. The SMILES string of the molecule is C=C/C=C(\C=C)C(=O)C(CN(C)C)C(=O)OC. The van der Waals surface area contributed by atoms with E-state index in [1.165, 1.54) is 25.3 Å². The number of methoxy groups -OCH3 is 1. The fourth-order valence-electron chi connectivity index (χ4n) is 1.35. The summed E-state index contributed by atoms with van der Waals surface area (Å²) < 4.78 is 4.63. The van der Waals surface area contributed by atoms with Crippen LogP contribution in [0.15, 0.2) is 37.0 Å². The maximum absolute atomic E-state index is 12.1. The molecular formula is C13H19NO3. The van der Waals surface area contributed by atoms with Gasteiger partial charge in [0.2, 0.25) is 0 Å². The van der Waals surface area contributed by atoms with Crippen LogP contribution in [0.2, 0.25) is 0 Å². The second-order valence-corrected chi connectivity index (χ2v) is 3.76. The number of esters is 1. The molecule has 0 aliphatic carbocycles. The Balaban J connectivity index is 5.10. The summed E-state index contributed by atoms with van der Waals surface area (Å²) in [6.07, 6.45) is 4.43. The first kappa shape index (κ1) is 15.3. The highest BCUT2D eigenvalue weighted by Crippen LogP contribution is 2.11. The van der Waals surface area contributed by atoms with Crippen molar-refractivity contribution in [1.29, 1.82) is 0 Å². The number of hydrogen-bond donors (Lipinski definition) is 0. The molecule has 0 fully saturated rings. The second-order valence-electron chi connectivity index (χ2n) is 3.76. The van der Waals surface area contributed by atoms with Gasteiger partial charge in [-0.15, -0.1) is 0 Å². The molecule has 0 aliphatic rings. The van der Waals surface area contributed by atoms with Crippen LogP contribution in [0.1, 0.15) is 0 Å². The van der Waals surface area contributed by atoms with Crippen molar-refractivity contribution in [1.82, 2.24) is 4.90 Å². The van der Waals surface area contributed by atoms with Gasteiger partial charge in [-0.3, -0.25) is 9.59 Å². The normalized spacial score (nSPS) is 13.1. The molecule has 0 spiro atoms. The Morgan fingerprint density at radius 1 is 1.35 bits per heavy atom. The summed E-state index contributed by atoms with van der Waals surface area (Å²) in [5.74, 6) is -1.68. The molecule has 0 aliphatic heterocycles. The molecule has 94 valence electrons. The molecule has 4 nitrogen and oxygen atoms in total. The number of nitrogens with zero attached hydrogens (tertiary/aromatic N) is 1. The zero-order valence-electron chi connectivity index (χ0n) is 10.6. The van der Waals surface area contributed by atoms with E-state index in [1.54, 1.807) is 19.0 Å². The maximum Gasteiger partial charge on any atom is 0.317 e. The van der Waals surface area contributed by atoms with Gasteiger partial charge in [0.05, 0.1) is 7.11 Å². The summed E-state index contributed by atoms with van der Waals surface area (Å²) in [6.45, 7) is 7.36. The van der Waals surface area contributed by atoms with E-state index in [2.05, 4.69) is 17.9 Å². The molecule has 0 heterocycles.